The fraction of sp³-hybridized carbons (Fsp3) is 0.455. The molecule has 0 aromatic heterocycles. The van der Waals surface area contributed by atoms with Crippen molar-refractivity contribution in [2.45, 2.75) is 20.3 Å². The van der Waals surface area contributed by atoms with E-state index >= 15 is 0 Å². The summed E-state index contributed by atoms with van der Waals surface area (Å²) in [5.41, 5.74) is 1.17. The number of benzene rings is 1. The molecule has 0 saturated carbocycles. The van der Waals surface area contributed by atoms with Crippen LogP contribution in [0.4, 0.5) is 0 Å². The number of rotatable bonds is 4. The molecule has 0 saturated heterocycles. The zero-order valence-electron chi connectivity index (χ0n) is 8.76. The number of hydrogen-bond acceptors (Lipinski definition) is 2. The van der Waals surface area contributed by atoms with E-state index in [-0.39, 0.29) is 0 Å². The van der Waals surface area contributed by atoms with E-state index in [2.05, 4.69) is 22.9 Å². The Morgan fingerprint density at radius 1 is 1.21 bits per heavy atom. The molecule has 1 aromatic rings. The zero-order chi connectivity index (χ0) is 10.6. The lowest BCUT2D eigenvalue weighted by Crippen LogP contribution is -1.97. The minimum Gasteiger partial charge on any atom is -0.496 e. The first-order valence-corrected chi connectivity index (χ1v) is 5.51. The van der Waals surface area contributed by atoms with Crippen molar-refractivity contribution in [2.75, 3.05) is 13.7 Å². The molecule has 78 valence electrons. The van der Waals surface area contributed by atoms with Gasteiger partial charge in [-0.05, 0) is 47.0 Å². The summed E-state index contributed by atoms with van der Waals surface area (Å²) in [5, 5.41) is 0. The van der Waals surface area contributed by atoms with Crippen molar-refractivity contribution in [3.8, 4) is 11.5 Å². The van der Waals surface area contributed by atoms with Gasteiger partial charge < -0.3 is 9.47 Å². The van der Waals surface area contributed by atoms with Gasteiger partial charge in [-0.3, -0.25) is 0 Å². The Hall–Kier alpha value is -0.700. The van der Waals surface area contributed by atoms with E-state index in [9.17, 15) is 0 Å². The van der Waals surface area contributed by atoms with Crippen molar-refractivity contribution in [3.63, 3.8) is 0 Å². The second kappa shape index (κ2) is 5.25. The molecule has 3 heteroatoms. The van der Waals surface area contributed by atoms with Crippen molar-refractivity contribution in [1.82, 2.24) is 0 Å². The molecule has 0 fully saturated rings. The molecule has 0 aliphatic rings. The summed E-state index contributed by atoms with van der Waals surface area (Å²) in [6, 6.07) is 3.97. The van der Waals surface area contributed by atoms with Crippen molar-refractivity contribution < 1.29 is 9.47 Å². The van der Waals surface area contributed by atoms with E-state index in [0.717, 1.165) is 22.4 Å². The number of ether oxygens (including phenoxy) is 2. The van der Waals surface area contributed by atoms with Crippen molar-refractivity contribution in [3.05, 3.63) is 22.2 Å². The smallest absolute Gasteiger partial charge is 0.133 e. The van der Waals surface area contributed by atoms with Crippen LogP contribution >= 0.6 is 15.9 Å². The molecule has 0 unspecified atom stereocenters. The van der Waals surface area contributed by atoms with Gasteiger partial charge in [0.05, 0.1) is 18.2 Å². The molecule has 0 spiro atoms. The van der Waals surface area contributed by atoms with Crippen LogP contribution in [0.5, 0.6) is 11.5 Å². The minimum atomic E-state index is 0.686. The Labute approximate surface area is 93.4 Å². The Morgan fingerprint density at radius 3 is 2.43 bits per heavy atom. The van der Waals surface area contributed by atoms with Crippen molar-refractivity contribution in [2.24, 2.45) is 0 Å². The number of halogens is 1. The molecule has 0 aliphatic carbocycles. The molecule has 0 heterocycles. The van der Waals surface area contributed by atoms with Crippen LogP contribution in [0.3, 0.4) is 0 Å². The predicted molar refractivity (Wildman–Crippen MR) is 61.2 cm³/mol. The van der Waals surface area contributed by atoms with Gasteiger partial charge in [0.25, 0.3) is 0 Å². The third-order valence-corrected chi connectivity index (χ3v) is 2.64. The lowest BCUT2D eigenvalue weighted by Gasteiger charge is -2.12. The van der Waals surface area contributed by atoms with Crippen LogP contribution in [0.1, 0.15) is 19.4 Å². The fourth-order valence-electron chi connectivity index (χ4n) is 1.30. The SMILES string of the molecule is CCOc1cc(Br)c(OC)cc1CC. The summed E-state index contributed by atoms with van der Waals surface area (Å²) in [7, 11) is 1.67. The highest BCUT2D eigenvalue weighted by atomic mass is 79.9. The zero-order valence-corrected chi connectivity index (χ0v) is 10.3. The van der Waals surface area contributed by atoms with Gasteiger partial charge in [-0.2, -0.15) is 0 Å². The fourth-order valence-corrected chi connectivity index (χ4v) is 1.78. The molecule has 0 N–H and O–H groups in total. The average molecular weight is 259 g/mol. The summed E-state index contributed by atoms with van der Waals surface area (Å²) < 4.78 is 11.7. The molecule has 0 amide bonds. The summed E-state index contributed by atoms with van der Waals surface area (Å²) in [6.07, 6.45) is 0.943. The van der Waals surface area contributed by atoms with Crippen LogP contribution in [-0.4, -0.2) is 13.7 Å². The van der Waals surface area contributed by atoms with E-state index < -0.39 is 0 Å². The second-order valence-electron chi connectivity index (χ2n) is 2.88. The first-order chi connectivity index (χ1) is 6.72. The maximum absolute atomic E-state index is 5.52. The maximum Gasteiger partial charge on any atom is 0.133 e. The summed E-state index contributed by atoms with van der Waals surface area (Å²) in [6.45, 7) is 4.77. The Bertz CT molecular complexity index is 310. The van der Waals surface area contributed by atoms with Crippen LogP contribution in [0.15, 0.2) is 16.6 Å². The van der Waals surface area contributed by atoms with Crippen LogP contribution in [0, 0.1) is 0 Å². The normalized spacial score (nSPS) is 10.0. The third-order valence-electron chi connectivity index (χ3n) is 2.02. The van der Waals surface area contributed by atoms with E-state index in [0.29, 0.717) is 6.61 Å². The van der Waals surface area contributed by atoms with Gasteiger partial charge in [0.15, 0.2) is 0 Å². The first-order valence-electron chi connectivity index (χ1n) is 4.72. The van der Waals surface area contributed by atoms with Gasteiger partial charge in [-0.25, -0.2) is 0 Å². The lowest BCUT2D eigenvalue weighted by molar-refractivity contribution is 0.335. The van der Waals surface area contributed by atoms with E-state index in [1.165, 1.54) is 5.56 Å². The highest BCUT2D eigenvalue weighted by molar-refractivity contribution is 9.10. The van der Waals surface area contributed by atoms with Crippen LogP contribution in [0.2, 0.25) is 0 Å². The summed E-state index contributed by atoms with van der Waals surface area (Å²) in [5.74, 6) is 1.79. The minimum absolute atomic E-state index is 0.686. The molecule has 1 rings (SSSR count). The van der Waals surface area contributed by atoms with Gasteiger partial charge in [0, 0.05) is 0 Å². The van der Waals surface area contributed by atoms with E-state index in [1.54, 1.807) is 7.11 Å². The van der Waals surface area contributed by atoms with Gasteiger partial charge in [-0.1, -0.05) is 6.92 Å². The summed E-state index contributed by atoms with van der Waals surface area (Å²) in [4.78, 5) is 0. The Kier molecular flexibility index (Phi) is 4.26. The Balaban J connectivity index is 3.10. The topological polar surface area (TPSA) is 18.5 Å². The molecule has 0 bridgehead atoms. The number of hydrogen-bond donors (Lipinski definition) is 0. The molecule has 0 aliphatic heterocycles. The van der Waals surface area contributed by atoms with Gasteiger partial charge in [0.2, 0.25) is 0 Å². The second-order valence-corrected chi connectivity index (χ2v) is 3.74. The lowest BCUT2D eigenvalue weighted by atomic mass is 10.1. The number of methoxy groups -OCH3 is 1. The highest BCUT2D eigenvalue weighted by Gasteiger charge is 2.07. The van der Waals surface area contributed by atoms with Crippen LogP contribution in [0.25, 0.3) is 0 Å². The molecule has 1 aromatic carbocycles. The third kappa shape index (κ3) is 2.41. The molecule has 2 nitrogen and oxygen atoms in total. The quantitative estimate of drug-likeness (QED) is 0.824. The van der Waals surface area contributed by atoms with Crippen LogP contribution in [-0.2, 0) is 6.42 Å². The molecule has 0 atom stereocenters. The standard InChI is InChI=1S/C11H15BrO2/c1-4-8-6-11(13-3)9(12)7-10(8)14-5-2/h6-7H,4-5H2,1-3H3. The van der Waals surface area contributed by atoms with Crippen molar-refractivity contribution in [1.29, 1.82) is 0 Å². The average Bonchev–Trinajstić information content (AvgIpc) is 2.19. The summed E-state index contributed by atoms with van der Waals surface area (Å²) >= 11 is 3.44. The Morgan fingerprint density at radius 2 is 1.93 bits per heavy atom. The van der Waals surface area contributed by atoms with Gasteiger partial charge in [-0.15, -0.1) is 0 Å². The van der Waals surface area contributed by atoms with Gasteiger partial charge in [0.1, 0.15) is 11.5 Å². The largest absolute Gasteiger partial charge is 0.496 e. The molecule has 0 radical (unpaired) electrons. The van der Waals surface area contributed by atoms with Crippen molar-refractivity contribution >= 4 is 15.9 Å². The molecular weight excluding hydrogens is 244 g/mol. The maximum atomic E-state index is 5.52. The van der Waals surface area contributed by atoms with E-state index in [1.807, 2.05) is 19.1 Å². The molecular formula is C11H15BrO2. The van der Waals surface area contributed by atoms with E-state index in [4.69, 9.17) is 9.47 Å². The molecule has 14 heavy (non-hydrogen) atoms. The predicted octanol–water partition coefficient (Wildman–Crippen LogP) is 3.42. The van der Waals surface area contributed by atoms with Gasteiger partial charge >= 0.3 is 0 Å². The first kappa shape index (κ1) is 11.4. The number of aryl methyl sites for hydroxylation is 1. The van der Waals surface area contributed by atoms with Crippen LogP contribution < -0.4 is 9.47 Å². The monoisotopic (exact) mass is 258 g/mol. The highest BCUT2D eigenvalue weighted by Crippen LogP contribution is 2.33.